The van der Waals surface area contributed by atoms with Gasteiger partial charge in [0.25, 0.3) is 11.8 Å². The SMILES string of the molecule is O=C1COC2CS(=O)(=O)CC2N1C(=O)c1ccc(Cl)cc1. The average Bonchev–Trinajstić information content (AvgIpc) is 2.73. The summed E-state index contributed by atoms with van der Waals surface area (Å²) < 4.78 is 28.7. The lowest BCUT2D eigenvalue weighted by atomic mass is 10.1. The molecule has 0 aromatic heterocycles. The van der Waals surface area contributed by atoms with Crippen LogP contribution in [0.15, 0.2) is 24.3 Å². The Morgan fingerprint density at radius 3 is 2.57 bits per heavy atom. The quantitative estimate of drug-likeness (QED) is 0.701. The molecule has 3 rings (SSSR count). The van der Waals surface area contributed by atoms with Gasteiger partial charge >= 0.3 is 0 Å². The van der Waals surface area contributed by atoms with Gasteiger partial charge in [0.05, 0.1) is 23.7 Å². The zero-order valence-corrected chi connectivity index (χ0v) is 12.4. The maximum Gasteiger partial charge on any atom is 0.260 e. The molecule has 2 heterocycles. The van der Waals surface area contributed by atoms with Crippen LogP contribution in [-0.4, -0.2) is 55.4 Å². The third kappa shape index (κ3) is 2.68. The third-order valence-corrected chi connectivity index (χ3v) is 5.54. The summed E-state index contributed by atoms with van der Waals surface area (Å²) in [6, 6.07) is 5.35. The molecule has 2 aliphatic rings. The fraction of sp³-hybridized carbons (Fsp3) is 0.385. The fourth-order valence-electron chi connectivity index (χ4n) is 2.63. The highest BCUT2D eigenvalue weighted by atomic mass is 35.5. The third-order valence-electron chi connectivity index (χ3n) is 3.60. The molecule has 6 nitrogen and oxygen atoms in total. The van der Waals surface area contributed by atoms with Crippen molar-refractivity contribution in [2.75, 3.05) is 18.1 Å². The minimum atomic E-state index is -3.30. The van der Waals surface area contributed by atoms with E-state index in [2.05, 4.69) is 0 Å². The van der Waals surface area contributed by atoms with Gasteiger partial charge in [-0.1, -0.05) is 11.6 Å². The number of hydrogen-bond acceptors (Lipinski definition) is 5. The van der Waals surface area contributed by atoms with E-state index in [1.807, 2.05) is 0 Å². The molecule has 8 heteroatoms. The molecule has 1 aromatic carbocycles. The largest absolute Gasteiger partial charge is 0.365 e. The highest BCUT2D eigenvalue weighted by Crippen LogP contribution is 2.27. The van der Waals surface area contributed by atoms with Crippen LogP contribution in [0.25, 0.3) is 0 Å². The van der Waals surface area contributed by atoms with Gasteiger partial charge in [0.1, 0.15) is 6.61 Å². The second kappa shape index (κ2) is 5.08. The maximum absolute atomic E-state index is 12.5. The second-order valence-electron chi connectivity index (χ2n) is 5.07. The minimum absolute atomic E-state index is 0.157. The van der Waals surface area contributed by atoms with E-state index in [0.29, 0.717) is 5.02 Å². The van der Waals surface area contributed by atoms with Crippen LogP contribution in [0.5, 0.6) is 0 Å². The Hall–Kier alpha value is -1.44. The van der Waals surface area contributed by atoms with Crippen molar-refractivity contribution < 1.29 is 22.7 Å². The first-order chi connectivity index (χ1) is 9.87. The molecule has 0 spiro atoms. The Balaban J connectivity index is 1.93. The smallest absolute Gasteiger partial charge is 0.260 e. The van der Waals surface area contributed by atoms with E-state index in [1.165, 1.54) is 12.1 Å². The lowest BCUT2D eigenvalue weighted by Crippen LogP contribution is -2.56. The van der Waals surface area contributed by atoms with Gasteiger partial charge in [-0.15, -0.1) is 0 Å². The molecular formula is C13H12ClNO5S. The number of hydrogen-bond donors (Lipinski definition) is 0. The van der Waals surface area contributed by atoms with E-state index >= 15 is 0 Å². The molecule has 112 valence electrons. The molecule has 1 aromatic rings. The molecule has 2 atom stereocenters. The summed E-state index contributed by atoms with van der Waals surface area (Å²) in [5, 5.41) is 0.473. The number of ether oxygens (including phenoxy) is 1. The lowest BCUT2D eigenvalue weighted by molar-refractivity contribution is -0.148. The van der Waals surface area contributed by atoms with Crippen molar-refractivity contribution >= 4 is 33.3 Å². The van der Waals surface area contributed by atoms with Gasteiger partial charge in [0, 0.05) is 10.6 Å². The first-order valence-corrected chi connectivity index (χ1v) is 8.51. The normalized spacial score (nSPS) is 27.5. The van der Waals surface area contributed by atoms with Gasteiger partial charge in [0.2, 0.25) is 0 Å². The molecule has 0 saturated carbocycles. The Labute approximate surface area is 126 Å². The summed E-state index contributed by atoms with van der Waals surface area (Å²) in [7, 11) is -3.30. The zero-order chi connectivity index (χ0) is 15.2. The molecule has 0 bridgehead atoms. The lowest BCUT2D eigenvalue weighted by Gasteiger charge is -2.34. The Bertz CT molecular complexity index is 700. The van der Waals surface area contributed by atoms with Crippen molar-refractivity contribution in [2.24, 2.45) is 0 Å². The summed E-state index contributed by atoms with van der Waals surface area (Å²) in [4.78, 5) is 25.5. The van der Waals surface area contributed by atoms with Crippen LogP contribution in [-0.2, 0) is 19.4 Å². The van der Waals surface area contributed by atoms with Gasteiger partial charge in [-0.05, 0) is 24.3 Å². The number of halogens is 1. The second-order valence-corrected chi connectivity index (χ2v) is 7.66. The minimum Gasteiger partial charge on any atom is -0.365 e. The number of amides is 2. The van der Waals surface area contributed by atoms with Crippen molar-refractivity contribution in [3.05, 3.63) is 34.9 Å². The summed E-state index contributed by atoms with van der Waals surface area (Å²) in [6.45, 7) is -0.282. The molecule has 0 N–H and O–H groups in total. The first-order valence-electron chi connectivity index (χ1n) is 6.31. The van der Waals surface area contributed by atoms with Crippen LogP contribution >= 0.6 is 11.6 Å². The van der Waals surface area contributed by atoms with Crippen molar-refractivity contribution in [3.8, 4) is 0 Å². The predicted molar refractivity (Wildman–Crippen MR) is 74.8 cm³/mol. The van der Waals surface area contributed by atoms with Gasteiger partial charge in [-0.2, -0.15) is 0 Å². The first kappa shape index (κ1) is 14.5. The van der Waals surface area contributed by atoms with E-state index in [0.717, 1.165) is 4.90 Å². The van der Waals surface area contributed by atoms with Crippen LogP contribution in [0, 0.1) is 0 Å². The van der Waals surface area contributed by atoms with Gasteiger partial charge in [-0.3, -0.25) is 14.5 Å². The predicted octanol–water partition coefficient (Wildman–Crippen LogP) is 0.505. The molecule has 0 aliphatic carbocycles. The number of carbonyl (C=O) groups excluding carboxylic acids is 2. The van der Waals surface area contributed by atoms with Crippen molar-refractivity contribution in [3.63, 3.8) is 0 Å². The number of imide groups is 1. The number of sulfone groups is 1. The van der Waals surface area contributed by atoms with Crippen LogP contribution < -0.4 is 0 Å². The van der Waals surface area contributed by atoms with Gasteiger partial charge < -0.3 is 4.74 Å². The fourth-order valence-corrected chi connectivity index (χ4v) is 4.59. The van der Waals surface area contributed by atoms with E-state index < -0.39 is 33.8 Å². The standard InChI is InChI=1S/C13H12ClNO5S/c14-9-3-1-8(2-4-9)13(17)15-10-6-21(18,19)7-11(10)20-5-12(15)16/h1-4,10-11H,5-7H2. The van der Waals surface area contributed by atoms with Gasteiger partial charge in [0.15, 0.2) is 9.84 Å². The summed E-state index contributed by atoms with van der Waals surface area (Å²) in [5.41, 5.74) is 0.290. The molecule has 21 heavy (non-hydrogen) atoms. The molecule has 2 fully saturated rings. The van der Waals surface area contributed by atoms with E-state index in [9.17, 15) is 18.0 Å². The van der Waals surface area contributed by atoms with Gasteiger partial charge in [-0.25, -0.2) is 8.42 Å². The molecule has 2 aliphatic heterocycles. The van der Waals surface area contributed by atoms with Crippen molar-refractivity contribution in [1.82, 2.24) is 4.90 Å². The van der Waals surface area contributed by atoms with Crippen molar-refractivity contribution in [2.45, 2.75) is 12.1 Å². The molecular weight excluding hydrogens is 318 g/mol. The number of rotatable bonds is 1. The van der Waals surface area contributed by atoms with Crippen LogP contribution in [0.3, 0.4) is 0 Å². The molecule has 2 amide bonds. The molecule has 2 saturated heterocycles. The zero-order valence-electron chi connectivity index (χ0n) is 10.9. The molecule has 0 radical (unpaired) electrons. The number of nitrogens with zero attached hydrogens (tertiary/aromatic N) is 1. The van der Waals surface area contributed by atoms with Crippen LogP contribution in [0.1, 0.15) is 10.4 Å². The number of morpholine rings is 1. The summed E-state index contributed by atoms with van der Waals surface area (Å²) >= 11 is 5.77. The highest BCUT2D eigenvalue weighted by molar-refractivity contribution is 7.91. The topological polar surface area (TPSA) is 80.8 Å². The average molecular weight is 330 g/mol. The van der Waals surface area contributed by atoms with E-state index in [-0.39, 0.29) is 23.7 Å². The van der Waals surface area contributed by atoms with Crippen LogP contribution in [0.4, 0.5) is 0 Å². The Morgan fingerprint density at radius 2 is 1.90 bits per heavy atom. The number of carbonyl (C=O) groups is 2. The van der Waals surface area contributed by atoms with E-state index in [1.54, 1.807) is 12.1 Å². The summed E-state index contributed by atoms with van der Waals surface area (Å²) in [5.74, 6) is -1.45. The van der Waals surface area contributed by atoms with Crippen LogP contribution in [0.2, 0.25) is 5.02 Å². The molecule has 2 unspecified atom stereocenters. The maximum atomic E-state index is 12.5. The number of benzene rings is 1. The van der Waals surface area contributed by atoms with E-state index in [4.69, 9.17) is 16.3 Å². The Kier molecular flexibility index (Phi) is 3.51. The summed E-state index contributed by atoms with van der Waals surface area (Å²) in [6.07, 6.45) is -0.635. The Morgan fingerprint density at radius 1 is 1.24 bits per heavy atom. The van der Waals surface area contributed by atoms with Crippen molar-refractivity contribution in [1.29, 1.82) is 0 Å². The monoisotopic (exact) mass is 329 g/mol. The number of fused-ring (bicyclic) bond motifs is 1. The highest BCUT2D eigenvalue weighted by Gasteiger charge is 2.49.